The maximum absolute atomic E-state index is 13.7. The molecule has 5 heterocycles. The van der Waals surface area contributed by atoms with Crippen LogP contribution in [0.1, 0.15) is 12.8 Å². The molecule has 5 aliphatic rings. The zero-order valence-electron chi connectivity index (χ0n) is 18.1. The molecule has 5 aliphatic heterocycles. The molecule has 6 N–H and O–H groups in total. The van der Waals surface area contributed by atoms with Crippen LogP contribution in [0.25, 0.3) is 0 Å². The van der Waals surface area contributed by atoms with Crippen LogP contribution in [0.15, 0.2) is 0 Å². The first-order valence-corrected chi connectivity index (χ1v) is 11.8. The summed E-state index contributed by atoms with van der Waals surface area (Å²) in [6.07, 6.45) is 0.407. The molecule has 5 saturated heterocycles. The van der Waals surface area contributed by atoms with Crippen LogP contribution in [0, 0.1) is 5.92 Å². The molecule has 176 valence electrons. The maximum atomic E-state index is 13.7. The van der Waals surface area contributed by atoms with E-state index in [-0.39, 0.29) is 31.2 Å². The van der Waals surface area contributed by atoms with Crippen molar-refractivity contribution in [2.24, 2.45) is 11.7 Å². The third-order valence-corrected chi connectivity index (χ3v) is 7.64. The van der Waals surface area contributed by atoms with Gasteiger partial charge < -0.3 is 21.1 Å². The van der Waals surface area contributed by atoms with Crippen LogP contribution in [-0.4, -0.2) is 123 Å². The molecule has 0 aromatic carbocycles. The van der Waals surface area contributed by atoms with E-state index in [0.717, 1.165) is 65.3 Å². The molecule has 0 saturated carbocycles. The number of carbonyl (C=O) groups excluding carboxylic acids is 1. The largest absolute Gasteiger partial charge is 0.380 e. The fourth-order valence-electron chi connectivity index (χ4n) is 5.93. The van der Waals surface area contributed by atoms with Gasteiger partial charge in [0.1, 0.15) is 6.17 Å². The van der Waals surface area contributed by atoms with E-state index in [1.54, 1.807) is 5.01 Å². The quantitative estimate of drug-likeness (QED) is 0.317. The van der Waals surface area contributed by atoms with Gasteiger partial charge in [-0.15, -0.1) is 0 Å². The first kappa shape index (κ1) is 21.9. The second-order valence-corrected chi connectivity index (χ2v) is 9.55. The monoisotopic (exact) mass is 440 g/mol. The summed E-state index contributed by atoms with van der Waals surface area (Å²) in [6.45, 7) is 8.12. The lowest BCUT2D eigenvalue weighted by Crippen LogP contribution is -2.65. The average molecular weight is 441 g/mol. The Hall–Kier alpha value is -0.920. The molecule has 0 radical (unpaired) electrons. The van der Waals surface area contributed by atoms with Crippen molar-refractivity contribution in [1.29, 1.82) is 0 Å². The van der Waals surface area contributed by atoms with E-state index in [9.17, 15) is 9.18 Å². The molecule has 0 aromatic rings. The van der Waals surface area contributed by atoms with Gasteiger partial charge in [-0.2, -0.15) is 0 Å². The van der Waals surface area contributed by atoms with Crippen molar-refractivity contribution >= 4 is 5.91 Å². The number of piperidine rings is 1. The van der Waals surface area contributed by atoms with E-state index in [1.165, 1.54) is 0 Å². The summed E-state index contributed by atoms with van der Waals surface area (Å²) in [6, 6.07) is 0.932. The standard InChI is InChI=1S/C20H37FN8O2/c21-13-9-24-19-17(18(22)26-29(19)11-13)20(30)25-15-10-23-3-1-16(15)28-6-4-27(5-7-28)14-2-8-31-12-14/h13-19,23-24,26H,1-12,22H2,(H,25,30). The lowest BCUT2D eigenvalue weighted by Gasteiger charge is -2.45. The number of nitrogens with one attached hydrogen (secondary N) is 4. The molecule has 31 heavy (non-hydrogen) atoms. The number of fused-ring (bicyclic) bond motifs is 1. The fraction of sp³-hybridized carbons (Fsp3) is 0.950. The van der Waals surface area contributed by atoms with Gasteiger partial charge in [-0.05, 0) is 19.4 Å². The molecule has 5 rings (SSSR count). The first-order chi connectivity index (χ1) is 15.1. The number of halogens is 1. The van der Waals surface area contributed by atoms with E-state index in [0.29, 0.717) is 12.1 Å². The van der Waals surface area contributed by atoms with Crippen molar-refractivity contribution < 1.29 is 13.9 Å². The minimum absolute atomic E-state index is 0.0429. The van der Waals surface area contributed by atoms with Crippen LogP contribution in [0.2, 0.25) is 0 Å². The van der Waals surface area contributed by atoms with E-state index < -0.39 is 18.3 Å². The van der Waals surface area contributed by atoms with Gasteiger partial charge in [-0.3, -0.25) is 19.9 Å². The number of rotatable bonds is 4. The van der Waals surface area contributed by atoms with Crippen molar-refractivity contribution in [3.05, 3.63) is 0 Å². The number of alkyl halides is 1. The van der Waals surface area contributed by atoms with Gasteiger partial charge in [0, 0.05) is 64.5 Å². The van der Waals surface area contributed by atoms with Crippen LogP contribution >= 0.6 is 0 Å². The van der Waals surface area contributed by atoms with Gasteiger partial charge in [0.15, 0.2) is 0 Å². The summed E-state index contributed by atoms with van der Waals surface area (Å²) in [5.41, 5.74) is 9.29. The molecule has 0 aromatic heterocycles. The molecule has 11 heteroatoms. The predicted molar refractivity (Wildman–Crippen MR) is 114 cm³/mol. The predicted octanol–water partition coefficient (Wildman–Crippen LogP) is -2.77. The van der Waals surface area contributed by atoms with Gasteiger partial charge in [0.25, 0.3) is 0 Å². The Morgan fingerprint density at radius 3 is 2.71 bits per heavy atom. The number of piperazine rings is 1. The second-order valence-electron chi connectivity index (χ2n) is 9.55. The van der Waals surface area contributed by atoms with Gasteiger partial charge >= 0.3 is 0 Å². The van der Waals surface area contributed by atoms with E-state index in [4.69, 9.17) is 10.5 Å². The zero-order valence-corrected chi connectivity index (χ0v) is 18.1. The van der Waals surface area contributed by atoms with Crippen molar-refractivity contribution in [2.75, 3.05) is 65.6 Å². The third-order valence-electron chi connectivity index (χ3n) is 7.64. The van der Waals surface area contributed by atoms with Crippen molar-refractivity contribution in [3.63, 3.8) is 0 Å². The van der Waals surface area contributed by atoms with Gasteiger partial charge in [-0.1, -0.05) is 0 Å². The molecule has 10 nitrogen and oxygen atoms in total. The summed E-state index contributed by atoms with van der Waals surface area (Å²) in [5.74, 6) is -0.507. The molecule has 5 fully saturated rings. The van der Waals surface area contributed by atoms with E-state index >= 15 is 0 Å². The molecule has 0 aliphatic carbocycles. The number of ether oxygens (including phenoxy) is 1. The molecule has 1 amide bonds. The van der Waals surface area contributed by atoms with Crippen LogP contribution in [0.5, 0.6) is 0 Å². The minimum atomic E-state index is -0.959. The van der Waals surface area contributed by atoms with Gasteiger partial charge in [-0.25, -0.2) is 14.8 Å². The SMILES string of the molecule is NC1NN2CC(F)CNC2C1C(=O)NC1CNCCC1N1CCN(C2CCOC2)CC1. The Labute approximate surface area is 183 Å². The lowest BCUT2D eigenvalue weighted by molar-refractivity contribution is -0.128. The first-order valence-electron chi connectivity index (χ1n) is 11.8. The number of hydrazine groups is 1. The number of amides is 1. The highest BCUT2D eigenvalue weighted by Gasteiger charge is 2.48. The Balaban J connectivity index is 1.18. The summed E-state index contributed by atoms with van der Waals surface area (Å²) in [4.78, 5) is 18.4. The lowest BCUT2D eigenvalue weighted by atomic mass is 9.95. The van der Waals surface area contributed by atoms with Crippen molar-refractivity contribution in [2.45, 2.75) is 49.5 Å². The summed E-state index contributed by atoms with van der Waals surface area (Å²) in [5, 5.41) is 11.6. The van der Waals surface area contributed by atoms with Gasteiger partial charge in [0.05, 0.1) is 30.9 Å². The highest BCUT2D eigenvalue weighted by molar-refractivity contribution is 5.81. The number of carbonyl (C=O) groups is 1. The van der Waals surface area contributed by atoms with Crippen molar-refractivity contribution in [1.82, 2.24) is 36.2 Å². The minimum Gasteiger partial charge on any atom is -0.380 e. The Bertz CT molecular complexity index is 630. The number of hydrogen-bond acceptors (Lipinski definition) is 9. The number of nitrogens with zero attached hydrogens (tertiary/aromatic N) is 3. The van der Waals surface area contributed by atoms with Crippen LogP contribution in [0.3, 0.4) is 0 Å². The molecule has 7 atom stereocenters. The summed E-state index contributed by atoms with van der Waals surface area (Å²) >= 11 is 0. The number of hydrogen-bond donors (Lipinski definition) is 5. The highest BCUT2D eigenvalue weighted by atomic mass is 19.1. The molecular weight excluding hydrogens is 403 g/mol. The summed E-state index contributed by atoms with van der Waals surface area (Å²) < 4.78 is 19.3. The Kier molecular flexibility index (Phi) is 6.72. The molecular formula is C20H37FN8O2. The van der Waals surface area contributed by atoms with E-state index in [1.807, 2.05) is 0 Å². The fourth-order valence-corrected chi connectivity index (χ4v) is 5.93. The second kappa shape index (κ2) is 9.52. The van der Waals surface area contributed by atoms with Gasteiger partial charge in [0.2, 0.25) is 5.91 Å². The van der Waals surface area contributed by atoms with Crippen LogP contribution in [-0.2, 0) is 9.53 Å². The molecule has 0 spiro atoms. The normalized spacial score (nSPS) is 43.1. The average Bonchev–Trinajstić information content (AvgIpc) is 3.41. The van der Waals surface area contributed by atoms with Crippen LogP contribution in [0.4, 0.5) is 4.39 Å². The van der Waals surface area contributed by atoms with E-state index in [2.05, 4.69) is 31.2 Å². The van der Waals surface area contributed by atoms with Crippen LogP contribution < -0.4 is 27.1 Å². The Morgan fingerprint density at radius 2 is 1.94 bits per heavy atom. The maximum Gasteiger partial charge on any atom is 0.229 e. The Morgan fingerprint density at radius 1 is 1.13 bits per heavy atom. The highest BCUT2D eigenvalue weighted by Crippen LogP contribution is 2.24. The third kappa shape index (κ3) is 4.60. The molecule has 0 bridgehead atoms. The zero-order chi connectivity index (χ0) is 21.4. The van der Waals surface area contributed by atoms with Crippen molar-refractivity contribution in [3.8, 4) is 0 Å². The number of nitrogens with two attached hydrogens (primary N) is 1. The topological polar surface area (TPSA) is 110 Å². The molecule has 7 unspecified atom stereocenters. The summed E-state index contributed by atoms with van der Waals surface area (Å²) in [7, 11) is 0. The smallest absolute Gasteiger partial charge is 0.229 e.